The van der Waals surface area contributed by atoms with Gasteiger partial charge in [-0.25, -0.2) is 0 Å². The van der Waals surface area contributed by atoms with E-state index in [-0.39, 0.29) is 6.04 Å². The second kappa shape index (κ2) is 5.76. The molecule has 0 saturated heterocycles. The third-order valence-corrected chi connectivity index (χ3v) is 4.71. The molecule has 0 spiro atoms. The summed E-state index contributed by atoms with van der Waals surface area (Å²) in [5.41, 5.74) is 10.1. The molecule has 2 aromatic rings. The van der Waals surface area contributed by atoms with Gasteiger partial charge < -0.3 is 10.5 Å². The number of hydrogen-bond donors (Lipinski definition) is 1. The van der Waals surface area contributed by atoms with E-state index in [4.69, 9.17) is 10.5 Å². The number of thiophene rings is 1. The first-order valence-electron chi connectivity index (χ1n) is 6.47. The zero-order valence-electron chi connectivity index (χ0n) is 12.0. The first-order chi connectivity index (χ1) is 9.01. The van der Waals surface area contributed by atoms with Crippen molar-refractivity contribution in [2.75, 3.05) is 7.11 Å². The Balaban J connectivity index is 2.23. The molecule has 0 aliphatic heterocycles. The van der Waals surface area contributed by atoms with E-state index in [1.54, 1.807) is 18.4 Å². The van der Waals surface area contributed by atoms with E-state index in [0.29, 0.717) is 0 Å². The fraction of sp³-hybridized carbons (Fsp3) is 0.375. The topological polar surface area (TPSA) is 35.2 Å². The van der Waals surface area contributed by atoms with Gasteiger partial charge in [0.05, 0.1) is 7.11 Å². The summed E-state index contributed by atoms with van der Waals surface area (Å²) in [5.74, 6) is 0.922. The zero-order valence-corrected chi connectivity index (χ0v) is 12.8. The monoisotopic (exact) mass is 275 g/mol. The summed E-state index contributed by atoms with van der Waals surface area (Å²) in [7, 11) is 1.71. The standard InChI is InChI=1S/C16H21NOS/c1-10-5-6-15(18-4)13(7-10)9-14(17)16-8-11(2)12(3)19-16/h5-8,14H,9,17H2,1-4H3. The van der Waals surface area contributed by atoms with Crippen molar-refractivity contribution >= 4 is 11.3 Å². The number of hydrogen-bond acceptors (Lipinski definition) is 3. The highest BCUT2D eigenvalue weighted by Gasteiger charge is 2.14. The second-order valence-electron chi connectivity index (χ2n) is 5.01. The molecule has 2 rings (SSSR count). The van der Waals surface area contributed by atoms with Crippen molar-refractivity contribution in [3.05, 3.63) is 50.7 Å². The normalized spacial score (nSPS) is 12.5. The molecule has 2 nitrogen and oxygen atoms in total. The molecule has 0 bridgehead atoms. The van der Waals surface area contributed by atoms with Gasteiger partial charge in [-0.3, -0.25) is 0 Å². The van der Waals surface area contributed by atoms with Crippen LogP contribution in [0.2, 0.25) is 0 Å². The van der Waals surface area contributed by atoms with Crippen LogP contribution in [0.4, 0.5) is 0 Å². The van der Waals surface area contributed by atoms with Crippen molar-refractivity contribution in [3.8, 4) is 5.75 Å². The number of nitrogens with two attached hydrogens (primary N) is 1. The van der Waals surface area contributed by atoms with Gasteiger partial charge in [-0.1, -0.05) is 17.7 Å². The summed E-state index contributed by atoms with van der Waals surface area (Å²) >= 11 is 1.79. The van der Waals surface area contributed by atoms with Crippen LogP contribution in [0.3, 0.4) is 0 Å². The van der Waals surface area contributed by atoms with Gasteiger partial charge in [0.25, 0.3) is 0 Å². The Morgan fingerprint density at radius 1 is 1.21 bits per heavy atom. The molecule has 0 radical (unpaired) electrons. The Morgan fingerprint density at radius 3 is 2.53 bits per heavy atom. The van der Waals surface area contributed by atoms with E-state index in [1.807, 2.05) is 6.07 Å². The molecular formula is C16H21NOS. The highest BCUT2D eigenvalue weighted by atomic mass is 32.1. The molecule has 0 amide bonds. The van der Waals surface area contributed by atoms with Gasteiger partial charge in [0.1, 0.15) is 5.75 Å². The molecule has 1 atom stereocenters. The Bertz CT molecular complexity index is 555. The van der Waals surface area contributed by atoms with Gasteiger partial charge in [0, 0.05) is 15.8 Å². The zero-order chi connectivity index (χ0) is 14.0. The van der Waals surface area contributed by atoms with Crippen molar-refractivity contribution in [1.29, 1.82) is 0 Å². The molecule has 1 aromatic heterocycles. The minimum absolute atomic E-state index is 0.0353. The molecule has 1 heterocycles. The van der Waals surface area contributed by atoms with E-state index in [1.165, 1.54) is 26.4 Å². The average Bonchev–Trinajstić information content (AvgIpc) is 2.70. The summed E-state index contributed by atoms with van der Waals surface area (Å²) < 4.78 is 5.41. The quantitative estimate of drug-likeness (QED) is 0.917. The van der Waals surface area contributed by atoms with Crippen LogP contribution in [0.5, 0.6) is 5.75 Å². The molecule has 1 unspecified atom stereocenters. The van der Waals surface area contributed by atoms with Crippen molar-refractivity contribution in [2.24, 2.45) is 5.73 Å². The van der Waals surface area contributed by atoms with Gasteiger partial charge in [0.15, 0.2) is 0 Å². The van der Waals surface area contributed by atoms with Crippen LogP contribution in [-0.2, 0) is 6.42 Å². The van der Waals surface area contributed by atoms with Crippen LogP contribution < -0.4 is 10.5 Å². The lowest BCUT2D eigenvalue weighted by Gasteiger charge is -2.13. The number of aryl methyl sites for hydroxylation is 3. The van der Waals surface area contributed by atoms with E-state index in [9.17, 15) is 0 Å². The minimum Gasteiger partial charge on any atom is -0.496 e. The predicted octanol–water partition coefficient (Wildman–Crippen LogP) is 3.92. The van der Waals surface area contributed by atoms with Crippen LogP contribution in [0.15, 0.2) is 24.3 Å². The van der Waals surface area contributed by atoms with E-state index >= 15 is 0 Å². The first kappa shape index (κ1) is 14.1. The summed E-state index contributed by atoms with van der Waals surface area (Å²) in [6, 6.07) is 8.47. The lowest BCUT2D eigenvalue weighted by atomic mass is 10.0. The minimum atomic E-state index is 0.0353. The van der Waals surface area contributed by atoms with Crippen molar-refractivity contribution < 1.29 is 4.74 Å². The SMILES string of the molecule is COc1ccc(C)cc1CC(N)c1cc(C)c(C)s1. The van der Waals surface area contributed by atoms with Gasteiger partial charge in [-0.2, -0.15) is 0 Å². The Morgan fingerprint density at radius 2 is 1.95 bits per heavy atom. The van der Waals surface area contributed by atoms with Crippen molar-refractivity contribution in [1.82, 2.24) is 0 Å². The van der Waals surface area contributed by atoms with Crippen LogP contribution in [0.25, 0.3) is 0 Å². The number of benzene rings is 1. The maximum atomic E-state index is 6.34. The molecule has 0 aliphatic carbocycles. The molecule has 2 N–H and O–H groups in total. The third-order valence-electron chi connectivity index (χ3n) is 3.43. The van der Waals surface area contributed by atoms with Crippen LogP contribution in [0.1, 0.15) is 32.5 Å². The second-order valence-corrected chi connectivity index (χ2v) is 6.30. The predicted molar refractivity (Wildman–Crippen MR) is 82.2 cm³/mol. The Kier molecular flexibility index (Phi) is 4.27. The molecule has 19 heavy (non-hydrogen) atoms. The average molecular weight is 275 g/mol. The lowest BCUT2D eigenvalue weighted by Crippen LogP contribution is -2.12. The van der Waals surface area contributed by atoms with E-state index in [0.717, 1.165) is 12.2 Å². The van der Waals surface area contributed by atoms with Crippen LogP contribution in [-0.4, -0.2) is 7.11 Å². The maximum absolute atomic E-state index is 6.34. The Labute approximate surface area is 119 Å². The number of rotatable bonds is 4. The highest BCUT2D eigenvalue weighted by molar-refractivity contribution is 7.12. The molecule has 0 aliphatic rings. The largest absolute Gasteiger partial charge is 0.496 e. The molecular weight excluding hydrogens is 254 g/mol. The Hall–Kier alpha value is -1.32. The molecule has 0 saturated carbocycles. The maximum Gasteiger partial charge on any atom is 0.122 e. The van der Waals surface area contributed by atoms with Crippen molar-refractivity contribution in [2.45, 2.75) is 33.2 Å². The summed E-state index contributed by atoms with van der Waals surface area (Å²) in [5, 5.41) is 0. The van der Waals surface area contributed by atoms with Gasteiger partial charge >= 0.3 is 0 Å². The third kappa shape index (κ3) is 3.17. The van der Waals surface area contributed by atoms with E-state index < -0.39 is 0 Å². The van der Waals surface area contributed by atoms with Crippen molar-refractivity contribution in [3.63, 3.8) is 0 Å². The van der Waals surface area contributed by atoms with Gasteiger partial charge in [0.2, 0.25) is 0 Å². The molecule has 3 heteroatoms. The molecule has 0 fully saturated rings. The number of methoxy groups -OCH3 is 1. The van der Waals surface area contributed by atoms with Crippen LogP contribution >= 0.6 is 11.3 Å². The van der Waals surface area contributed by atoms with Gasteiger partial charge in [-0.15, -0.1) is 11.3 Å². The molecule has 102 valence electrons. The fourth-order valence-electron chi connectivity index (χ4n) is 2.19. The van der Waals surface area contributed by atoms with Gasteiger partial charge in [-0.05, 0) is 50.5 Å². The van der Waals surface area contributed by atoms with Crippen LogP contribution in [0, 0.1) is 20.8 Å². The summed E-state index contributed by atoms with van der Waals surface area (Å²) in [6.45, 7) is 6.37. The number of ether oxygens (including phenoxy) is 1. The summed E-state index contributed by atoms with van der Waals surface area (Å²) in [6.07, 6.45) is 0.810. The smallest absolute Gasteiger partial charge is 0.122 e. The summed E-state index contributed by atoms with van der Waals surface area (Å²) in [4.78, 5) is 2.60. The highest BCUT2D eigenvalue weighted by Crippen LogP contribution is 2.30. The first-order valence-corrected chi connectivity index (χ1v) is 7.29. The molecule has 1 aromatic carbocycles. The fourth-order valence-corrected chi connectivity index (χ4v) is 3.23. The lowest BCUT2D eigenvalue weighted by molar-refractivity contribution is 0.408. The van der Waals surface area contributed by atoms with E-state index in [2.05, 4.69) is 39.0 Å².